The number of sulfonamides is 1. The summed E-state index contributed by atoms with van der Waals surface area (Å²) in [5.41, 5.74) is 7.01. The molecule has 5 nitrogen and oxygen atoms in total. The Balaban J connectivity index is 1.90. The van der Waals surface area contributed by atoms with E-state index in [1.54, 1.807) is 6.07 Å². The van der Waals surface area contributed by atoms with E-state index < -0.39 is 10.0 Å². The lowest BCUT2D eigenvalue weighted by atomic mass is 10.1. The maximum absolute atomic E-state index is 12.0. The lowest BCUT2D eigenvalue weighted by Crippen LogP contribution is -2.27. The topological polar surface area (TPSA) is 85.1 Å². The molecule has 1 aromatic heterocycles. The smallest absolute Gasteiger partial charge is 0.242 e. The molecule has 0 bridgehead atoms. The minimum atomic E-state index is -3.51. The highest BCUT2D eigenvalue weighted by atomic mass is 32.2. The van der Waals surface area contributed by atoms with Crippen LogP contribution in [0.25, 0.3) is 0 Å². The fraction of sp³-hybridized carbons (Fsp3) is 0.214. The molecule has 20 heavy (non-hydrogen) atoms. The summed E-state index contributed by atoms with van der Waals surface area (Å²) in [6.07, 6.45) is 3.38. The maximum atomic E-state index is 12.0. The molecule has 0 spiro atoms. The first kappa shape index (κ1) is 14.6. The van der Waals surface area contributed by atoms with Crippen LogP contribution in [0.1, 0.15) is 18.0 Å². The first-order valence-electron chi connectivity index (χ1n) is 6.30. The summed E-state index contributed by atoms with van der Waals surface area (Å²) in [5, 5.41) is 0. The van der Waals surface area contributed by atoms with Gasteiger partial charge in [0.1, 0.15) is 4.90 Å². The van der Waals surface area contributed by atoms with Crippen LogP contribution in [0.15, 0.2) is 59.8 Å². The van der Waals surface area contributed by atoms with Crippen molar-refractivity contribution in [1.29, 1.82) is 0 Å². The normalized spacial score (nSPS) is 13.1. The van der Waals surface area contributed by atoms with Crippen LogP contribution in [-0.2, 0) is 10.0 Å². The molecule has 0 fully saturated rings. The van der Waals surface area contributed by atoms with E-state index in [0.717, 1.165) is 5.56 Å². The number of pyridine rings is 1. The molecule has 0 radical (unpaired) electrons. The molecule has 0 aliphatic heterocycles. The van der Waals surface area contributed by atoms with Crippen molar-refractivity contribution in [3.8, 4) is 0 Å². The summed E-state index contributed by atoms with van der Waals surface area (Å²) in [6, 6.07) is 12.5. The summed E-state index contributed by atoms with van der Waals surface area (Å²) in [4.78, 5) is 3.96. The zero-order valence-corrected chi connectivity index (χ0v) is 11.8. The number of hydrogen-bond donors (Lipinski definition) is 2. The Labute approximate surface area is 118 Å². The molecule has 1 atom stereocenters. The number of rotatable bonds is 6. The van der Waals surface area contributed by atoms with Gasteiger partial charge >= 0.3 is 0 Å². The summed E-state index contributed by atoms with van der Waals surface area (Å²) >= 11 is 0. The van der Waals surface area contributed by atoms with E-state index in [2.05, 4.69) is 9.71 Å². The molecule has 1 heterocycles. The minimum absolute atomic E-state index is 0.160. The van der Waals surface area contributed by atoms with Crippen LogP contribution in [0.2, 0.25) is 0 Å². The predicted molar refractivity (Wildman–Crippen MR) is 77.4 cm³/mol. The van der Waals surface area contributed by atoms with Gasteiger partial charge in [-0.05, 0) is 24.1 Å². The average molecular weight is 291 g/mol. The molecule has 1 unspecified atom stereocenters. The quantitative estimate of drug-likeness (QED) is 0.843. The monoisotopic (exact) mass is 291 g/mol. The van der Waals surface area contributed by atoms with Gasteiger partial charge in [0.15, 0.2) is 0 Å². The van der Waals surface area contributed by atoms with Gasteiger partial charge in [-0.1, -0.05) is 30.3 Å². The van der Waals surface area contributed by atoms with Crippen molar-refractivity contribution in [3.05, 3.63) is 60.4 Å². The first-order valence-corrected chi connectivity index (χ1v) is 7.78. The Morgan fingerprint density at radius 3 is 2.55 bits per heavy atom. The second-order valence-corrected chi connectivity index (χ2v) is 6.16. The molecule has 1 aromatic carbocycles. The van der Waals surface area contributed by atoms with Gasteiger partial charge < -0.3 is 5.73 Å². The van der Waals surface area contributed by atoms with Gasteiger partial charge in [-0.2, -0.15) is 0 Å². The minimum Gasteiger partial charge on any atom is -0.324 e. The molecule has 106 valence electrons. The molecule has 0 amide bonds. The van der Waals surface area contributed by atoms with Crippen LogP contribution in [0, 0.1) is 0 Å². The number of nitrogens with two attached hydrogens (primary N) is 1. The lowest BCUT2D eigenvalue weighted by Gasteiger charge is -2.12. The van der Waals surface area contributed by atoms with Crippen molar-refractivity contribution < 1.29 is 8.42 Å². The zero-order valence-electron chi connectivity index (χ0n) is 10.9. The highest BCUT2D eigenvalue weighted by Crippen LogP contribution is 2.13. The van der Waals surface area contributed by atoms with E-state index in [9.17, 15) is 8.42 Å². The fourth-order valence-corrected chi connectivity index (χ4v) is 2.82. The van der Waals surface area contributed by atoms with Gasteiger partial charge in [-0.25, -0.2) is 13.1 Å². The van der Waals surface area contributed by atoms with E-state index in [-0.39, 0.29) is 17.5 Å². The van der Waals surface area contributed by atoms with Gasteiger partial charge in [-0.3, -0.25) is 4.98 Å². The Bertz CT molecular complexity index is 630. The Morgan fingerprint density at radius 1 is 1.15 bits per heavy atom. The fourth-order valence-electron chi connectivity index (χ4n) is 1.81. The van der Waals surface area contributed by atoms with Gasteiger partial charge in [0.25, 0.3) is 0 Å². The Hall–Kier alpha value is -1.76. The standard InChI is InChI=1S/C14H17N3O2S/c15-14(12-5-2-1-3-6-12)8-10-17-20(18,19)13-7-4-9-16-11-13/h1-7,9,11,14,17H,8,10,15H2. The number of hydrogen-bond acceptors (Lipinski definition) is 4. The Kier molecular flexibility index (Phi) is 4.84. The SMILES string of the molecule is NC(CCNS(=O)(=O)c1cccnc1)c1ccccc1. The van der Waals surface area contributed by atoms with Gasteiger partial charge in [0.2, 0.25) is 10.0 Å². The van der Waals surface area contributed by atoms with E-state index >= 15 is 0 Å². The van der Waals surface area contributed by atoms with Crippen molar-refractivity contribution in [2.24, 2.45) is 5.73 Å². The predicted octanol–water partition coefficient (Wildman–Crippen LogP) is 1.45. The molecule has 2 aromatic rings. The van der Waals surface area contributed by atoms with Gasteiger partial charge in [0.05, 0.1) is 0 Å². The van der Waals surface area contributed by atoms with E-state index in [1.165, 1.54) is 18.5 Å². The van der Waals surface area contributed by atoms with E-state index in [1.807, 2.05) is 30.3 Å². The highest BCUT2D eigenvalue weighted by Gasteiger charge is 2.14. The second kappa shape index (κ2) is 6.60. The summed E-state index contributed by atoms with van der Waals surface area (Å²) in [6.45, 7) is 0.285. The molecule has 0 saturated carbocycles. The number of aromatic nitrogens is 1. The van der Waals surface area contributed by atoms with Crippen LogP contribution < -0.4 is 10.5 Å². The molecular formula is C14H17N3O2S. The van der Waals surface area contributed by atoms with Crippen LogP contribution >= 0.6 is 0 Å². The summed E-state index contributed by atoms with van der Waals surface area (Å²) < 4.78 is 26.4. The average Bonchev–Trinajstić information content (AvgIpc) is 2.49. The highest BCUT2D eigenvalue weighted by molar-refractivity contribution is 7.89. The second-order valence-electron chi connectivity index (χ2n) is 4.39. The van der Waals surface area contributed by atoms with Crippen LogP contribution in [0.3, 0.4) is 0 Å². The largest absolute Gasteiger partial charge is 0.324 e. The van der Waals surface area contributed by atoms with Crippen LogP contribution in [-0.4, -0.2) is 19.9 Å². The van der Waals surface area contributed by atoms with Crippen molar-refractivity contribution in [2.45, 2.75) is 17.4 Å². The van der Waals surface area contributed by atoms with Crippen LogP contribution in [0.4, 0.5) is 0 Å². The third kappa shape index (κ3) is 3.86. The van der Waals surface area contributed by atoms with Gasteiger partial charge in [0, 0.05) is 25.0 Å². The third-order valence-corrected chi connectivity index (χ3v) is 4.37. The van der Waals surface area contributed by atoms with Crippen molar-refractivity contribution in [2.75, 3.05) is 6.54 Å². The molecule has 2 rings (SSSR count). The van der Waals surface area contributed by atoms with Crippen molar-refractivity contribution in [1.82, 2.24) is 9.71 Å². The number of benzene rings is 1. The molecule has 6 heteroatoms. The molecule has 0 aliphatic carbocycles. The Morgan fingerprint density at radius 2 is 1.90 bits per heavy atom. The molecule has 3 N–H and O–H groups in total. The maximum Gasteiger partial charge on any atom is 0.242 e. The molecule has 0 saturated heterocycles. The van der Waals surface area contributed by atoms with E-state index in [4.69, 9.17) is 5.73 Å². The summed E-state index contributed by atoms with van der Waals surface area (Å²) in [7, 11) is -3.51. The van der Waals surface area contributed by atoms with Crippen molar-refractivity contribution >= 4 is 10.0 Å². The van der Waals surface area contributed by atoms with Gasteiger partial charge in [-0.15, -0.1) is 0 Å². The zero-order chi connectivity index (χ0) is 14.4. The lowest BCUT2D eigenvalue weighted by molar-refractivity contribution is 0.569. The molecule has 0 aliphatic rings. The molecular weight excluding hydrogens is 274 g/mol. The number of nitrogens with zero attached hydrogens (tertiary/aromatic N) is 1. The third-order valence-electron chi connectivity index (χ3n) is 2.92. The van der Waals surface area contributed by atoms with Crippen molar-refractivity contribution in [3.63, 3.8) is 0 Å². The first-order chi connectivity index (χ1) is 9.59. The van der Waals surface area contributed by atoms with E-state index in [0.29, 0.717) is 6.42 Å². The number of nitrogens with one attached hydrogen (secondary N) is 1. The summed E-state index contributed by atoms with van der Waals surface area (Å²) in [5.74, 6) is 0. The van der Waals surface area contributed by atoms with Crippen LogP contribution in [0.5, 0.6) is 0 Å².